The zero-order chi connectivity index (χ0) is 21.4. The molecule has 0 atom stereocenters. The van der Waals surface area contributed by atoms with E-state index < -0.39 is 10.0 Å². The largest absolute Gasteiger partial charge is 0.496 e. The Balaban J connectivity index is 1.62. The van der Waals surface area contributed by atoms with E-state index in [1.54, 1.807) is 11.0 Å². The second-order valence-electron chi connectivity index (χ2n) is 8.22. The van der Waals surface area contributed by atoms with Gasteiger partial charge in [-0.3, -0.25) is 4.79 Å². The first-order valence-corrected chi connectivity index (χ1v) is 12.7. The number of hydrogen-bond acceptors (Lipinski definition) is 5. The van der Waals surface area contributed by atoms with E-state index in [-0.39, 0.29) is 10.8 Å². The van der Waals surface area contributed by atoms with Crippen LogP contribution in [0.4, 0.5) is 0 Å². The molecule has 0 aliphatic carbocycles. The molecular formula is C22H35N3O4S. The van der Waals surface area contributed by atoms with Crippen LogP contribution in [0.15, 0.2) is 23.1 Å². The van der Waals surface area contributed by atoms with Gasteiger partial charge >= 0.3 is 0 Å². The molecule has 1 aromatic rings. The van der Waals surface area contributed by atoms with Crippen LogP contribution in [-0.2, 0) is 10.0 Å². The second kappa shape index (κ2) is 11.1. The quantitative estimate of drug-likeness (QED) is 0.633. The van der Waals surface area contributed by atoms with Gasteiger partial charge < -0.3 is 14.5 Å². The Kier molecular flexibility index (Phi) is 8.53. The molecule has 1 aromatic carbocycles. The van der Waals surface area contributed by atoms with E-state index in [2.05, 4.69) is 9.62 Å². The van der Waals surface area contributed by atoms with Crippen LogP contribution in [0, 0.1) is 0 Å². The van der Waals surface area contributed by atoms with Gasteiger partial charge in [-0.15, -0.1) is 0 Å². The summed E-state index contributed by atoms with van der Waals surface area (Å²) in [5.41, 5.74) is 0.312. The van der Waals surface area contributed by atoms with E-state index in [1.807, 2.05) is 0 Å². The van der Waals surface area contributed by atoms with E-state index in [9.17, 15) is 13.2 Å². The van der Waals surface area contributed by atoms with Gasteiger partial charge in [0, 0.05) is 19.6 Å². The Morgan fingerprint density at radius 3 is 2.30 bits per heavy atom. The number of amides is 1. The third kappa shape index (κ3) is 6.18. The van der Waals surface area contributed by atoms with Crippen molar-refractivity contribution in [2.45, 2.75) is 56.3 Å². The first-order valence-electron chi connectivity index (χ1n) is 11.2. The number of ether oxygens (including phenoxy) is 1. The van der Waals surface area contributed by atoms with Gasteiger partial charge in [0.1, 0.15) is 5.75 Å². The van der Waals surface area contributed by atoms with Crippen molar-refractivity contribution in [3.8, 4) is 5.75 Å². The highest BCUT2D eigenvalue weighted by atomic mass is 32.2. The van der Waals surface area contributed by atoms with E-state index in [4.69, 9.17) is 4.74 Å². The number of likely N-dealkylation sites (tertiary alicyclic amines) is 2. The van der Waals surface area contributed by atoms with Crippen LogP contribution < -0.4 is 9.46 Å². The highest BCUT2D eigenvalue weighted by Gasteiger charge is 2.24. The Hall–Kier alpha value is -1.64. The van der Waals surface area contributed by atoms with E-state index in [0.717, 1.165) is 45.3 Å². The maximum atomic E-state index is 12.9. The van der Waals surface area contributed by atoms with Crippen LogP contribution >= 0.6 is 0 Å². The van der Waals surface area contributed by atoms with Crippen LogP contribution in [0.25, 0.3) is 0 Å². The lowest BCUT2D eigenvalue weighted by atomic mass is 10.1. The molecule has 168 valence electrons. The lowest BCUT2D eigenvalue weighted by Gasteiger charge is -2.27. The summed E-state index contributed by atoms with van der Waals surface area (Å²) in [5.74, 6) is 0.246. The number of piperidine rings is 1. The average molecular weight is 438 g/mol. The number of nitrogens with zero attached hydrogens (tertiary/aromatic N) is 2. The maximum Gasteiger partial charge on any atom is 0.257 e. The minimum atomic E-state index is -3.68. The standard InChI is InChI=1S/C22H35N3O4S/c1-29-21-11-10-19(18-20(21)22(26)25-16-7-4-8-17-25)30(27,28)23-12-9-15-24-13-5-2-3-6-14-24/h10-11,18,23H,2-9,12-17H2,1H3. The van der Waals surface area contributed by atoms with Gasteiger partial charge in [0.2, 0.25) is 10.0 Å². The number of rotatable bonds is 8. The van der Waals surface area contributed by atoms with Gasteiger partial charge in [-0.1, -0.05) is 12.8 Å². The number of hydrogen-bond donors (Lipinski definition) is 1. The molecule has 7 nitrogen and oxygen atoms in total. The monoisotopic (exact) mass is 437 g/mol. The zero-order valence-corrected chi connectivity index (χ0v) is 18.9. The van der Waals surface area contributed by atoms with E-state index in [0.29, 0.717) is 30.9 Å². The van der Waals surface area contributed by atoms with Crippen LogP contribution in [0.5, 0.6) is 5.75 Å². The van der Waals surface area contributed by atoms with Crippen molar-refractivity contribution in [2.75, 3.05) is 46.4 Å². The fourth-order valence-electron chi connectivity index (χ4n) is 4.24. The highest BCUT2D eigenvalue weighted by molar-refractivity contribution is 7.89. The Morgan fingerprint density at radius 1 is 1.00 bits per heavy atom. The minimum absolute atomic E-state index is 0.110. The normalized spacial score (nSPS) is 18.8. The number of carbonyl (C=O) groups is 1. The summed E-state index contributed by atoms with van der Waals surface area (Å²) in [6, 6.07) is 4.53. The van der Waals surface area contributed by atoms with Crippen LogP contribution in [0.3, 0.4) is 0 Å². The lowest BCUT2D eigenvalue weighted by molar-refractivity contribution is 0.0720. The fraction of sp³-hybridized carbons (Fsp3) is 0.682. The molecule has 1 amide bonds. The molecule has 1 N–H and O–H groups in total. The molecule has 8 heteroatoms. The Morgan fingerprint density at radius 2 is 1.63 bits per heavy atom. The molecule has 2 saturated heterocycles. The maximum absolute atomic E-state index is 12.9. The predicted octanol–water partition coefficient (Wildman–Crippen LogP) is 2.87. The number of carbonyl (C=O) groups excluding carboxylic acids is 1. The molecule has 2 aliphatic heterocycles. The molecule has 2 heterocycles. The summed E-state index contributed by atoms with van der Waals surface area (Å²) in [6.07, 6.45) is 8.88. The van der Waals surface area contributed by atoms with Gasteiger partial charge in [0.15, 0.2) is 0 Å². The number of nitrogens with one attached hydrogen (secondary N) is 1. The van der Waals surface area contributed by atoms with Crippen LogP contribution in [0.1, 0.15) is 61.7 Å². The van der Waals surface area contributed by atoms with Crippen LogP contribution in [0.2, 0.25) is 0 Å². The lowest BCUT2D eigenvalue weighted by Crippen LogP contribution is -2.36. The molecule has 2 aliphatic rings. The van der Waals surface area contributed by atoms with E-state index >= 15 is 0 Å². The molecule has 0 radical (unpaired) electrons. The molecular weight excluding hydrogens is 402 g/mol. The minimum Gasteiger partial charge on any atom is -0.496 e. The second-order valence-corrected chi connectivity index (χ2v) is 9.99. The fourth-order valence-corrected chi connectivity index (χ4v) is 5.34. The average Bonchev–Trinajstić information content (AvgIpc) is 3.05. The van der Waals surface area contributed by atoms with Crippen molar-refractivity contribution in [3.05, 3.63) is 23.8 Å². The van der Waals surface area contributed by atoms with Gasteiger partial charge in [-0.05, 0) is 76.4 Å². The van der Waals surface area contributed by atoms with Crippen molar-refractivity contribution in [3.63, 3.8) is 0 Å². The summed E-state index contributed by atoms with van der Waals surface area (Å²) in [4.78, 5) is 17.3. The number of benzene rings is 1. The van der Waals surface area contributed by atoms with Crippen molar-refractivity contribution in [2.24, 2.45) is 0 Å². The Labute approximate surface area is 180 Å². The predicted molar refractivity (Wildman–Crippen MR) is 117 cm³/mol. The smallest absolute Gasteiger partial charge is 0.257 e. The summed E-state index contributed by atoms with van der Waals surface area (Å²) in [6.45, 7) is 4.91. The first-order chi connectivity index (χ1) is 14.5. The van der Waals surface area contributed by atoms with Gasteiger partial charge in [0.25, 0.3) is 5.91 Å². The van der Waals surface area contributed by atoms with Crippen molar-refractivity contribution in [1.29, 1.82) is 0 Å². The number of sulfonamides is 1. The first kappa shape index (κ1) is 23.0. The van der Waals surface area contributed by atoms with Crippen molar-refractivity contribution < 1.29 is 17.9 Å². The molecule has 0 unspecified atom stereocenters. The summed E-state index contributed by atoms with van der Waals surface area (Å²) in [7, 11) is -2.18. The molecule has 0 aromatic heterocycles. The van der Waals surface area contributed by atoms with Gasteiger partial charge in [-0.2, -0.15) is 0 Å². The third-order valence-corrected chi connectivity index (χ3v) is 7.46. The molecule has 0 bridgehead atoms. The summed E-state index contributed by atoms with van der Waals surface area (Å²) in [5, 5.41) is 0. The van der Waals surface area contributed by atoms with Crippen LogP contribution in [-0.4, -0.2) is 70.5 Å². The Bertz CT molecular complexity index is 799. The van der Waals surface area contributed by atoms with Gasteiger partial charge in [0.05, 0.1) is 17.6 Å². The topological polar surface area (TPSA) is 79.0 Å². The zero-order valence-electron chi connectivity index (χ0n) is 18.1. The third-order valence-electron chi connectivity index (χ3n) is 6.00. The van der Waals surface area contributed by atoms with Gasteiger partial charge in [-0.25, -0.2) is 13.1 Å². The molecule has 2 fully saturated rings. The van der Waals surface area contributed by atoms with Crippen molar-refractivity contribution >= 4 is 15.9 Å². The summed E-state index contributed by atoms with van der Waals surface area (Å²) >= 11 is 0. The van der Waals surface area contributed by atoms with Crippen molar-refractivity contribution in [1.82, 2.24) is 14.5 Å². The molecule has 3 rings (SSSR count). The summed E-state index contributed by atoms with van der Waals surface area (Å²) < 4.78 is 33.6. The number of methoxy groups -OCH3 is 1. The SMILES string of the molecule is COc1ccc(S(=O)(=O)NCCCN2CCCCCC2)cc1C(=O)N1CCCCC1. The highest BCUT2D eigenvalue weighted by Crippen LogP contribution is 2.25. The molecule has 0 saturated carbocycles. The molecule has 0 spiro atoms. The van der Waals surface area contributed by atoms with E-state index in [1.165, 1.54) is 44.9 Å². The molecule has 30 heavy (non-hydrogen) atoms.